The molecule has 0 radical (unpaired) electrons. The van der Waals surface area contributed by atoms with Crippen molar-refractivity contribution in [3.8, 4) is 0 Å². The van der Waals surface area contributed by atoms with Crippen molar-refractivity contribution in [2.24, 2.45) is 5.73 Å². The summed E-state index contributed by atoms with van der Waals surface area (Å²) in [5.74, 6) is 0.707. The first-order valence-electron chi connectivity index (χ1n) is 4.80. The van der Waals surface area contributed by atoms with Gasteiger partial charge >= 0.3 is 0 Å². The summed E-state index contributed by atoms with van der Waals surface area (Å²) in [4.78, 5) is 16.1. The zero-order valence-electron chi connectivity index (χ0n) is 8.11. The van der Waals surface area contributed by atoms with Crippen LogP contribution in [-0.2, 0) is 13.0 Å². The second-order valence-corrected chi connectivity index (χ2v) is 3.94. The van der Waals surface area contributed by atoms with Gasteiger partial charge in [-0.25, -0.2) is 4.98 Å². The van der Waals surface area contributed by atoms with E-state index in [0.717, 1.165) is 12.8 Å². The predicted octanol–water partition coefficient (Wildman–Crippen LogP) is -0.165. The molecule has 1 aliphatic rings. The minimum atomic E-state index is -0.754. The highest BCUT2D eigenvalue weighted by atomic mass is 35.5. The number of halogens is 1. The highest BCUT2D eigenvalue weighted by molar-refractivity contribution is 6.30. The Kier molecular flexibility index (Phi) is 2.77. The Morgan fingerprint density at radius 1 is 1.67 bits per heavy atom. The van der Waals surface area contributed by atoms with Crippen molar-refractivity contribution >= 4 is 11.6 Å². The van der Waals surface area contributed by atoms with E-state index in [4.69, 9.17) is 22.4 Å². The molecule has 0 saturated heterocycles. The lowest BCUT2D eigenvalue weighted by molar-refractivity contribution is 0.266. The van der Waals surface area contributed by atoms with Gasteiger partial charge in [-0.15, -0.1) is 0 Å². The van der Waals surface area contributed by atoms with E-state index >= 15 is 0 Å². The standard InChI is InChI=1S/C9H12ClN3O2/c10-8-7(5(11)4-14)9(15)13-3-1-2-6(13)12-8/h5,14H,1-4,11H2. The van der Waals surface area contributed by atoms with Gasteiger partial charge in [0.1, 0.15) is 11.0 Å². The normalized spacial score (nSPS) is 16.5. The molecule has 0 aliphatic carbocycles. The maximum Gasteiger partial charge on any atom is 0.259 e. The van der Waals surface area contributed by atoms with E-state index in [0.29, 0.717) is 12.4 Å². The van der Waals surface area contributed by atoms with Gasteiger partial charge in [-0.1, -0.05) is 11.6 Å². The van der Waals surface area contributed by atoms with Crippen LogP contribution in [0.3, 0.4) is 0 Å². The summed E-state index contributed by atoms with van der Waals surface area (Å²) in [6, 6.07) is -0.754. The van der Waals surface area contributed by atoms with Crippen LogP contribution in [0.1, 0.15) is 23.9 Å². The molecular weight excluding hydrogens is 218 g/mol. The molecule has 6 heteroatoms. The SMILES string of the molecule is NC(CO)c1c(Cl)nc2n(c1=O)CCC2. The highest BCUT2D eigenvalue weighted by Gasteiger charge is 2.22. The number of aliphatic hydroxyl groups excluding tert-OH is 1. The molecule has 15 heavy (non-hydrogen) atoms. The van der Waals surface area contributed by atoms with Crippen LogP contribution in [0.2, 0.25) is 5.15 Å². The van der Waals surface area contributed by atoms with E-state index in [-0.39, 0.29) is 22.9 Å². The molecule has 82 valence electrons. The molecule has 1 unspecified atom stereocenters. The fraction of sp³-hybridized carbons (Fsp3) is 0.556. The average Bonchev–Trinajstić information content (AvgIpc) is 2.65. The molecule has 0 aromatic carbocycles. The summed E-state index contributed by atoms with van der Waals surface area (Å²) in [5, 5.41) is 9.05. The zero-order valence-corrected chi connectivity index (χ0v) is 8.87. The minimum Gasteiger partial charge on any atom is -0.394 e. The van der Waals surface area contributed by atoms with Crippen molar-refractivity contribution in [3.63, 3.8) is 0 Å². The molecule has 3 N–H and O–H groups in total. The molecule has 5 nitrogen and oxygen atoms in total. The van der Waals surface area contributed by atoms with E-state index in [9.17, 15) is 4.79 Å². The first kappa shape index (κ1) is 10.6. The second kappa shape index (κ2) is 3.92. The summed E-state index contributed by atoms with van der Waals surface area (Å²) in [7, 11) is 0. The van der Waals surface area contributed by atoms with Crippen molar-refractivity contribution in [1.82, 2.24) is 9.55 Å². The Labute approximate surface area is 91.5 Å². The molecule has 1 aromatic heterocycles. The number of nitrogens with two attached hydrogens (primary N) is 1. The number of aliphatic hydroxyl groups is 1. The van der Waals surface area contributed by atoms with E-state index in [1.165, 1.54) is 0 Å². The number of hydrogen-bond donors (Lipinski definition) is 2. The van der Waals surface area contributed by atoms with Crippen LogP contribution in [0.25, 0.3) is 0 Å². The Balaban J connectivity index is 2.61. The molecule has 0 amide bonds. The van der Waals surface area contributed by atoms with Crippen molar-refractivity contribution in [2.75, 3.05) is 6.61 Å². The van der Waals surface area contributed by atoms with Crippen LogP contribution in [0, 0.1) is 0 Å². The van der Waals surface area contributed by atoms with Crippen LogP contribution in [-0.4, -0.2) is 21.3 Å². The smallest absolute Gasteiger partial charge is 0.259 e. The number of nitrogens with zero attached hydrogens (tertiary/aromatic N) is 2. The van der Waals surface area contributed by atoms with Gasteiger partial charge in [0.2, 0.25) is 0 Å². The topological polar surface area (TPSA) is 81.1 Å². The maximum atomic E-state index is 11.9. The predicted molar refractivity (Wildman–Crippen MR) is 55.8 cm³/mol. The van der Waals surface area contributed by atoms with Gasteiger partial charge in [0.15, 0.2) is 0 Å². The minimum absolute atomic E-state index is 0.120. The number of rotatable bonds is 2. The van der Waals surface area contributed by atoms with Crippen molar-refractivity contribution in [2.45, 2.75) is 25.4 Å². The fourth-order valence-corrected chi connectivity index (χ4v) is 2.12. The Bertz CT molecular complexity index is 444. The van der Waals surface area contributed by atoms with Crippen LogP contribution < -0.4 is 11.3 Å². The van der Waals surface area contributed by atoms with Gasteiger partial charge in [0.05, 0.1) is 18.2 Å². The zero-order chi connectivity index (χ0) is 11.0. The number of aromatic nitrogens is 2. The van der Waals surface area contributed by atoms with E-state index in [1.54, 1.807) is 4.57 Å². The van der Waals surface area contributed by atoms with Gasteiger partial charge in [-0.2, -0.15) is 0 Å². The lowest BCUT2D eigenvalue weighted by Gasteiger charge is -2.12. The quantitative estimate of drug-likeness (QED) is 0.691. The van der Waals surface area contributed by atoms with Crippen molar-refractivity contribution in [1.29, 1.82) is 0 Å². The lowest BCUT2D eigenvalue weighted by Crippen LogP contribution is -2.31. The van der Waals surface area contributed by atoms with Gasteiger partial charge in [-0.05, 0) is 6.42 Å². The molecule has 1 atom stereocenters. The molecule has 1 aliphatic heterocycles. The number of fused-ring (bicyclic) bond motifs is 1. The van der Waals surface area contributed by atoms with E-state index in [1.807, 2.05) is 0 Å². The summed E-state index contributed by atoms with van der Waals surface area (Å²) >= 11 is 5.87. The monoisotopic (exact) mass is 229 g/mol. The van der Waals surface area contributed by atoms with Gasteiger partial charge in [0, 0.05) is 13.0 Å². The Morgan fingerprint density at radius 3 is 3.07 bits per heavy atom. The third-order valence-corrected chi connectivity index (χ3v) is 2.87. The molecule has 2 rings (SSSR count). The lowest BCUT2D eigenvalue weighted by atomic mass is 10.2. The molecular formula is C9H12ClN3O2. The molecule has 0 spiro atoms. The first-order valence-corrected chi connectivity index (χ1v) is 5.18. The van der Waals surface area contributed by atoms with Gasteiger partial charge in [-0.3, -0.25) is 9.36 Å². The Hall–Kier alpha value is -0.910. The number of hydrogen-bond acceptors (Lipinski definition) is 4. The molecule has 0 bridgehead atoms. The third kappa shape index (κ3) is 1.67. The molecule has 0 saturated carbocycles. The van der Waals surface area contributed by atoms with Crippen LogP contribution in [0.4, 0.5) is 0 Å². The second-order valence-electron chi connectivity index (χ2n) is 3.58. The maximum absolute atomic E-state index is 11.9. The highest BCUT2D eigenvalue weighted by Crippen LogP contribution is 2.19. The third-order valence-electron chi connectivity index (χ3n) is 2.59. The fourth-order valence-electron chi connectivity index (χ4n) is 1.80. The van der Waals surface area contributed by atoms with Crippen LogP contribution in [0.15, 0.2) is 4.79 Å². The van der Waals surface area contributed by atoms with Crippen LogP contribution >= 0.6 is 11.6 Å². The van der Waals surface area contributed by atoms with E-state index < -0.39 is 6.04 Å². The van der Waals surface area contributed by atoms with E-state index in [2.05, 4.69) is 4.98 Å². The summed E-state index contributed by atoms with van der Waals surface area (Å²) in [6.45, 7) is 0.347. The van der Waals surface area contributed by atoms with Crippen molar-refractivity contribution in [3.05, 3.63) is 26.9 Å². The van der Waals surface area contributed by atoms with Crippen molar-refractivity contribution < 1.29 is 5.11 Å². The van der Waals surface area contributed by atoms with Crippen LogP contribution in [0.5, 0.6) is 0 Å². The molecule has 1 aromatic rings. The van der Waals surface area contributed by atoms with Gasteiger partial charge < -0.3 is 10.8 Å². The summed E-state index contributed by atoms with van der Waals surface area (Å²) < 4.78 is 1.58. The first-order chi connectivity index (χ1) is 7.15. The summed E-state index contributed by atoms with van der Waals surface area (Å²) in [6.07, 6.45) is 1.67. The molecule has 2 heterocycles. The molecule has 0 fully saturated rings. The number of aryl methyl sites for hydroxylation is 1. The largest absolute Gasteiger partial charge is 0.394 e. The summed E-state index contributed by atoms with van der Waals surface area (Å²) in [5.41, 5.74) is 5.60. The Morgan fingerprint density at radius 2 is 2.40 bits per heavy atom. The van der Waals surface area contributed by atoms with Gasteiger partial charge in [0.25, 0.3) is 5.56 Å². The average molecular weight is 230 g/mol.